The van der Waals surface area contributed by atoms with E-state index in [4.69, 9.17) is 0 Å². The number of nitrogens with zero attached hydrogens (tertiary/aromatic N) is 2. The lowest BCUT2D eigenvalue weighted by Gasteiger charge is -2.19. The van der Waals surface area contributed by atoms with Crippen LogP contribution in [-0.2, 0) is 4.79 Å². The van der Waals surface area contributed by atoms with Gasteiger partial charge in [-0.05, 0) is 31.4 Å². The van der Waals surface area contributed by atoms with E-state index in [1.54, 1.807) is 19.0 Å². The second kappa shape index (κ2) is 10.6. The molecule has 1 heterocycles. The first-order valence-electron chi connectivity index (χ1n) is 8.02. The SMILES string of the molecule is CN(C)C(=O)CN=C(NCC1CCCS1)NC1CCCC1.I. The van der Waals surface area contributed by atoms with Gasteiger partial charge in [0.05, 0.1) is 0 Å². The molecule has 22 heavy (non-hydrogen) atoms. The molecule has 1 aliphatic heterocycles. The number of aliphatic imine (C=N–C) groups is 1. The van der Waals surface area contributed by atoms with E-state index in [1.807, 2.05) is 11.8 Å². The van der Waals surface area contributed by atoms with Crippen LogP contribution in [0.4, 0.5) is 0 Å². The molecule has 5 nitrogen and oxygen atoms in total. The number of carbonyl (C=O) groups excluding carboxylic acids is 1. The summed E-state index contributed by atoms with van der Waals surface area (Å²) in [5.41, 5.74) is 0. The summed E-state index contributed by atoms with van der Waals surface area (Å²) in [7, 11) is 3.54. The number of guanidine groups is 1. The minimum absolute atomic E-state index is 0. The third-order valence-corrected chi connectivity index (χ3v) is 5.49. The number of amides is 1. The molecular weight excluding hydrogens is 411 g/mol. The van der Waals surface area contributed by atoms with Gasteiger partial charge in [-0.15, -0.1) is 24.0 Å². The Labute approximate surface area is 155 Å². The average molecular weight is 440 g/mol. The largest absolute Gasteiger partial charge is 0.355 e. The molecule has 0 radical (unpaired) electrons. The van der Waals surface area contributed by atoms with E-state index in [2.05, 4.69) is 15.6 Å². The number of carbonyl (C=O) groups is 1. The van der Waals surface area contributed by atoms with E-state index >= 15 is 0 Å². The molecule has 0 aromatic rings. The topological polar surface area (TPSA) is 56.7 Å². The van der Waals surface area contributed by atoms with Crippen LogP contribution in [0.5, 0.6) is 0 Å². The highest BCUT2D eigenvalue weighted by Crippen LogP contribution is 2.25. The zero-order valence-corrected chi connectivity index (χ0v) is 16.8. The van der Waals surface area contributed by atoms with Crippen LogP contribution >= 0.6 is 35.7 Å². The Kier molecular flexibility index (Phi) is 9.54. The Morgan fingerprint density at radius 1 is 1.23 bits per heavy atom. The third kappa shape index (κ3) is 6.93. The Bertz CT molecular complexity index is 367. The first-order chi connectivity index (χ1) is 10.1. The lowest BCUT2D eigenvalue weighted by atomic mass is 10.2. The molecule has 2 fully saturated rings. The summed E-state index contributed by atoms with van der Waals surface area (Å²) in [6, 6.07) is 0.516. The quantitative estimate of drug-likeness (QED) is 0.391. The maximum Gasteiger partial charge on any atom is 0.243 e. The summed E-state index contributed by atoms with van der Waals surface area (Å²) < 4.78 is 0. The Morgan fingerprint density at radius 3 is 2.55 bits per heavy atom. The van der Waals surface area contributed by atoms with Crippen LogP contribution in [0.3, 0.4) is 0 Å². The maximum absolute atomic E-state index is 11.7. The van der Waals surface area contributed by atoms with Gasteiger partial charge < -0.3 is 15.5 Å². The van der Waals surface area contributed by atoms with Gasteiger partial charge in [-0.1, -0.05) is 12.8 Å². The molecular formula is C15H29IN4OS. The minimum Gasteiger partial charge on any atom is -0.355 e. The highest BCUT2D eigenvalue weighted by Gasteiger charge is 2.19. The zero-order valence-electron chi connectivity index (χ0n) is 13.6. The molecule has 2 rings (SSSR count). The van der Waals surface area contributed by atoms with Crippen molar-refractivity contribution in [2.75, 3.05) is 32.9 Å². The van der Waals surface area contributed by atoms with Gasteiger partial charge in [0, 0.05) is 31.9 Å². The van der Waals surface area contributed by atoms with Gasteiger partial charge >= 0.3 is 0 Å². The van der Waals surface area contributed by atoms with Crippen molar-refractivity contribution in [3.8, 4) is 0 Å². The molecule has 128 valence electrons. The lowest BCUT2D eigenvalue weighted by Crippen LogP contribution is -2.45. The van der Waals surface area contributed by atoms with Gasteiger partial charge in [0.2, 0.25) is 5.91 Å². The van der Waals surface area contributed by atoms with Crippen molar-refractivity contribution in [1.29, 1.82) is 0 Å². The monoisotopic (exact) mass is 440 g/mol. The minimum atomic E-state index is 0. The zero-order chi connectivity index (χ0) is 15.1. The summed E-state index contributed by atoms with van der Waals surface area (Å²) in [5, 5.41) is 7.61. The predicted octanol–water partition coefficient (Wildman–Crippen LogP) is 2.07. The molecule has 0 aromatic heterocycles. The fourth-order valence-electron chi connectivity index (χ4n) is 2.72. The van der Waals surface area contributed by atoms with Crippen LogP contribution in [0, 0.1) is 0 Å². The molecule has 1 unspecified atom stereocenters. The number of halogens is 1. The van der Waals surface area contributed by atoms with E-state index in [1.165, 1.54) is 44.3 Å². The molecule has 1 saturated carbocycles. The summed E-state index contributed by atoms with van der Waals surface area (Å²) in [6.07, 6.45) is 7.60. The number of hydrogen-bond acceptors (Lipinski definition) is 3. The second-order valence-electron chi connectivity index (χ2n) is 6.09. The van der Waals surface area contributed by atoms with Crippen molar-refractivity contribution < 1.29 is 4.79 Å². The van der Waals surface area contributed by atoms with E-state index < -0.39 is 0 Å². The highest BCUT2D eigenvalue weighted by molar-refractivity contribution is 14.0. The molecule has 7 heteroatoms. The van der Waals surface area contributed by atoms with Crippen molar-refractivity contribution in [3.63, 3.8) is 0 Å². The Hall–Kier alpha value is -0.180. The van der Waals surface area contributed by atoms with Crippen molar-refractivity contribution in [2.45, 2.75) is 49.8 Å². The normalized spacial score (nSPS) is 22.3. The van der Waals surface area contributed by atoms with Crippen molar-refractivity contribution in [3.05, 3.63) is 0 Å². The van der Waals surface area contributed by atoms with Gasteiger partial charge in [-0.3, -0.25) is 4.79 Å². The number of hydrogen-bond donors (Lipinski definition) is 2. The van der Waals surface area contributed by atoms with Crippen LogP contribution in [0.25, 0.3) is 0 Å². The molecule has 0 spiro atoms. The van der Waals surface area contributed by atoms with E-state index in [-0.39, 0.29) is 36.4 Å². The average Bonchev–Trinajstić information content (AvgIpc) is 3.14. The fraction of sp³-hybridized carbons (Fsp3) is 0.867. The summed E-state index contributed by atoms with van der Waals surface area (Å²) in [6.45, 7) is 1.16. The molecule has 1 aliphatic carbocycles. The second-order valence-corrected chi connectivity index (χ2v) is 7.50. The van der Waals surface area contributed by atoms with Crippen LogP contribution in [-0.4, -0.2) is 61.0 Å². The Morgan fingerprint density at radius 2 is 1.95 bits per heavy atom. The van der Waals surface area contributed by atoms with E-state index in [0.29, 0.717) is 11.3 Å². The summed E-state index contributed by atoms with van der Waals surface area (Å²) in [5.74, 6) is 2.12. The third-order valence-electron chi connectivity index (χ3n) is 4.09. The fourth-order valence-corrected chi connectivity index (χ4v) is 3.92. The summed E-state index contributed by atoms with van der Waals surface area (Å²) >= 11 is 2.04. The van der Waals surface area contributed by atoms with Gasteiger partial charge in [0.15, 0.2) is 5.96 Å². The standard InChI is InChI=1S/C15H28N4OS.HI/c1-19(2)14(20)11-17-15(18-12-6-3-4-7-12)16-10-13-8-5-9-21-13;/h12-13H,3-11H2,1-2H3,(H2,16,17,18);1H. The van der Waals surface area contributed by atoms with Gasteiger partial charge in [0.25, 0.3) is 0 Å². The van der Waals surface area contributed by atoms with Crippen molar-refractivity contribution in [2.24, 2.45) is 4.99 Å². The molecule has 0 aromatic carbocycles. The lowest BCUT2D eigenvalue weighted by molar-refractivity contribution is -0.127. The number of rotatable bonds is 5. The van der Waals surface area contributed by atoms with Crippen LogP contribution in [0.15, 0.2) is 4.99 Å². The molecule has 1 saturated heterocycles. The first-order valence-corrected chi connectivity index (χ1v) is 9.06. The predicted molar refractivity (Wildman–Crippen MR) is 105 cm³/mol. The number of likely N-dealkylation sites (N-methyl/N-ethyl adjacent to an activating group) is 1. The van der Waals surface area contributed by atoms with Crippen molar-refractivity contribution in [1.82, 2.24) is 15.5 Å². The smallest absolute Gasteiger partial charge is 0.243 e. The maximum atomic E-state index is 11.7. The molecule has 1 amide bonds. The first kappa shape index (κ1) is 19.9. The van der Waals surface area contributed by atoms with Gasteiger partial charge in [0.1, 0.15) is 6.54 Å². The highest BCUT2D eigenvalue weighted by atomic mass is 127. The van der Waals surface area contributed by atoms with E-state index in [9.17, 15) is 4.79 Å². The van der Waals surface area contributed by atoms with Gasteiger partial charge in [-0.2, -0.15) is 11.8 Å². The Balaban J connectivity index is 0.00000242. The molecule has 2 aliphatic rings. The number of thioether (sulfide) groups is 1. The van der Waals surface area contributed by atoms with Crippen LogP contribution in [0.1, 0.15) is 38.5 Å². The van der Waals surface area contributed by atoms with E-state index in [0.717, 1.165) is 12.5 Å². The molecule has 2 N–H and O–H groups in total. The van der Waals surface area contributed by atoms with Crippen molar-refractivity contribution >= 4 is 47.6 Å². The van der Waals surface area contributed by atoms with Crippen LogP contribution in [0.2, 0.25) is 0 Å². The molecule has 1 atom stereocenters. The molecule has 0 bridgehead atoms. The van der Waals surface area contributed by atoms with Gasteiger partial charge in [-0.25, -0.2) is 4.99 Å². The number of nitrogens with one attached hydrogen (secondary N) is 2. The van der Waals surface area contributed by atoms with Crippen LogP contribution < -0.4 is 10.6 Å². The summed E-state index contributed by atoms with van der Waals surface area (Å²) in [4.78, 5) is 17.8.